The Bertz CT molecular complexity index is 1030. The number of aryl methyl sites for hydroxylation is 1. The second-order valence-corrected chi connectivity index (χ2v) is 7.25. The Hall–Kier alpha value is -3.21. The van der Waals surface area contributed by atoms with E-state index in [1.54, 1.807) is 7.11 Å². The summed E-state index contributed by atoms with van der Waals surface area (Å²) in [5.74, 6) is 0.801. The van der Waals surface area contributed by atoms with Crippen molar-refractivity contribution >= 4 is 28.2 Å². The fourth-order valence-corrected chi connectivity index (χ4v) is 3.76. The van der Waals surface area contributed by atoms with E-state index < -0.39 is 12.2 Å². The van der Waals surface area contributed by atoms with Crippen LogP contribution in [0.3, 0.4) is 0 Å². The topological polar surface area (TPSA) is 50.8 Å². The highest BCUT2D eigenvalue weighted by Crippen LogP contribution is 2.33. The van der Waals surface area contributed by atoms with E-state index in [1.165, 1.54) is 0 Å². The molecule has 3 rings (SSSR count). The number of methoxy groups -OCH3 is 1. The van der Waals surface area contributed by atoms with Gasteiger partial charge in [-0.1, -0.05) is 30.3 Å². The van der Waals surface area contributed by atoms with Gasteiger partial charge >= 0.3 is 6.09 Å². The van der Waals surface area contributed by atoms with Crippen molar-refractivity contribution in [1.29, 1.82) is 0 Å². The zero-order valence-corrected chi connectivity index (χ0v) is 18.4. The summed E-state index contributed by atoms with van der Waals surface area (Å²) < 4.78 is 11.2. The molecule has 0 heterocycles. The fraction of sp³-hybridized carbons (Fsp3) is 0.320. The molecule has 5 nitrogen and oxygen atoms in total. The molecule has 1 N–H and O–H groups in total. The van der Waals surface area contributed by atoms with Gasteiger partial charge in [-0.05, 0) is 62.9 Å². The third-order valence-corrected chi connectivity index (χ3v) is 5.43. The Morgan fingerprint density at radius 2 is 1.73 bits per heavy atom. The van der Waals surface area contributed by atoms with Crippen LogP contribution < -0.4 is 15.0 Å². The molecule has 0 fully saturated rings. The van der Waals surface area contributed by atoms with E-state index in [2.05, 4.69) is 30.1 Å². The molecule has 0 bridgehead atoms. The molecule has 0 aliphatic carbocycles. The number of hydrogen-bond donors (Lipinski definition) is 1. The van der Waals surface area contributed by atoms with Gasteiger partial charge in [0.15, 0.2) is 0 Å². The lowest BCUT2D eigenvalue weighted by atomic mass is 10.0. The summed E-state index contributed by atoms with van der Waals surface area (Å²) >= 11 is 0. The summed E-state index contributed by atoms with van der Waals surface area (Å²) in [6.45, 7) is 10.0. The summed E-state index contributed by atoms with van der Waals surface area (Å²) in [6.07, 6.45) is -0.878. The highest BCUT2D eigenvalue weighted by Gasteiger charge is 2.17. The van der Waals surface area contributed by atoms with Crippen LogP contribution in [-0.4, -0.2) is 26.3 Å². The molecule has 3 aromatic rings. The number of amides is 1. The molecule has 0 saturated carbocycles. The lowest BCUT2D eigenvalue weighted by Crippen LogP contribution is -2.22. The minimum atomic E-state index is -0.471. The second kappa shape index (κ2) is 9.53. The first-order valence-corrected chi connectivity index (χ1v) is 10.4. The number of fused-ring (bicyclic) bond motifs is 1. The number of ether oxygens (including phenoxy) is 2. The standard InChI is InChI=1S/C25H30N2O3/c1-6-27(7-2)19-12-14-23(17(3)16-19)26-25(28)30-18(4)20-13-15-24(29-5)22-11-9-8-10-21(20)22/h8-16,18H,6-7H2,1-5H3,(H,26,28). The average Bonchev–Trinajstić information content (AvgIpc) is 2.75. The van der Waals surface area contributed by atoms with Crippen molar-refractivity contribution in [2.24, 2.45) is 0 Å². The van der Waals surface area contributed by atoms with Crippen molar-refractivity contribution in [3.05, 3.63) is 65.7 Å². The van der Waals surface area contributed by atoms with Crippen LogP contribution in [0.25, 0.3) is 10.8 Å². The number of hydrogen-bond acceptors (Lipinski definition) is 4. The highest BCUT2D eigenvalue weighted by molar-refractivity contribution is 5.92. The van der Waals surface area contributed by atoms with Crippen LogP contribution in [0, 0.1) is 6.92 Å². The summed E-state index contributed by atoms with van der Waals surface area (Å²) in [7, 11) is 1.66. The van der Waals surface area contributed by atoms with Crippen molar-refractivity contribution in [1.82, 2.24) is 0 Å². The van der Waals surface area contributed by atoms with E-state index in [9.17, 15) is 4.79 Å². The zero-order valence-electron chi connectivity index (χ0n) is 18.4. The first-order chi connectivity index (χ1) is 14.5. The van der Waals surface area contributed by atoms with Gasteiger partial charge in [0.05, 0.1) is 7.11 Å². The lowest BCUT2D eigenvalue weighted by molar-refractivity contribution is 0.122. The van der Waals surface area contributed by atoms with Gasteiger partial charge in [-0.25, -0.2) is 4.79 Å². The highest BCUT2D eigenvalue weighted by atomic mass is 16.6. The van der Waals surface area contributed by atoms with Crippen LogP contribution in [0.5, 0.6) is 5.75 Å². The first-order valence-electron chi connectivity index (χ1n) is 10.4. The molecule has 0 aromatic heterocycles. The maximum atomic E-state index is 12.6. The molecule has 1 unspecified atom stereocenters. The van der Waals surface area contributed by atoms with Gasteiger partial charge in [-0.3, -0.25) is 5.32 Å². The Labute approximate surface area is 178 Å². The first kappa shape index (κ1) is 21.5. The van der Waals surface area contributed by atoms with Crippen LogP contribution in [0.2, 0.25) is 0 Å². The minimum Gasteiger partial charge on any atom is -0.496 e. The molecule has 1 atom stereocenters. The van der Waals surface area contributed by atoms with Gasteiger partial charge in [0.2, 0.25) is 0 Å². The monoisotopic (exact) mass is 406 g/mol. The predicted octanol–water partition coefficient (Wildman–Crippen LogP) is 6.31. The average molecular weight is 407 g/mol. The van der Waals surface area contributed by atoms with Crippen LogP contribution in [-0.2, 0) is 4.74 Å². The summed E-state index contributed by atoms with van der Waals surface area (Å²) in [6, 6.07) is 17.9. The Kier molecular flexibility index (Phi) is 6.83. The summed E-state index contributed by atoms with van der Waals surface area (Å²) in [4.78, 5) is 14.8. The molecule has 0 aliphatic heterocycles. The fourth-order valence-electron chi connectivity index (χ4n) is 3.76. The number of carbonyl (C=O) groups excluding carboxylic acids is 1. The number of carbonyl (C=O) groups is 1. The summed E-state index contributed by atoms with van der Waals surface area (Å²) in [5, 5.41) is 4.89. The van der Waals surface area contributed by atoms with Gasteiger partial charge in [0.25, 0.3) is 0 Å². The largest absolute Gasteiger partial charge is 0.496 e. The number of anilines is 2. The van der Waals surface area contributed by atoms with Gasteiger partial charge in [-0.2, -0.15) is 0 Å². The number of nitrogens with one attached hydrogen (secondary N) is 1. The number of rotatable bonds is 7. The third kappa shape index (κ3) is 4.51. The zero-order chi connectivity index (χ0) is 21.7. The van der Waals surface area contributed by atoms with E-state index in [0.29, 0.717) is 0 Å². The van der Waals surface area contributed by atoms with Crippen molar-refractivity contribution in [3.63, 3.8) is 0 Å². The minimum absolute atomic E-state index is 0.406. The molecule has 0 radical (unpaired) electrons. The predicted molar refractivity (Wildman–Crippen MR) is 124 cm³/mol. The van der Waals surface area contributed by atoms with E-state index >= 15 is 0 Å². The van der Waals surface area contributed by atoms with Crippen LogP contribution >= 0.6 is 0 Å². The van der Waals surface area contributed by atoms with E-state index in [4.69, 9.17) is 9.47 Å². The Morgan fingerprint density at radius 1 is 1.03 bits per heavy atom. The molecule has 0 saturated heterocycles. The van der Waals surface area contributed by atoms with Gasteiger partial charge < -0.3 is 14.4 Å². The maximum absolute atomic E-state index is 12.6. The Balaban J connectivity index is 1.75. The molecular weight excluding hydrogens is 376 g/mol. The second-order valence-electron chi connectivity index (χ2n) is 7.25. The van der Waals surface area contributed by atoms with Crippen molar-refractivity contribution < 1.29 is 14.3 Å². The Morgan fingerprint density at radius 3 is 2.37 bits per heavy atom. The van der Waals surface area contributed by atoms with Gasteiger partial charge in [0, 0.05) is 35.4 Å². The van der Waals surface area contributed by atoms with Crippen LogP contribution in [0.1, 0.15) is 38.0 Å². The van der Waals surface area contributed by atoms with Crippen molar-refractivity contribution in [2.75, 3.05) is 30.4 Å². The summed E-state index contributed by atoms with van der Waals surface area (Å²) in [5.41, 5.74) is 3.84. The molecule has 3 aromatic carbocycles. The molecule has 0 spiro atoms. The molecule has 5 heteroatoms. The van der Waals surface area contributed by atoms with Crippen LogP contribution in [0.15, 0.2) is 54.6 Å². The van der Waals surface area contributed by atoms with Gasteiger partial charge in [-0.15, -0.1) is 0 Å². The normalized spacial score (nSPS) is 11.8. The molecule has 0 aliphatic rings. The quantitative estimate of drug-likeness (QED) is 0.499. The van der Waals surface area contributed by atoms with E-state index in [0.717, 1.165) is 52.1 Å². The molecule has 158 valence electrons. The molecule has 1 amide bonds. The number of benzene rings is 3. The van der Waals surface area contributed by atoms with E-state index in [-0.39, 0.29) is 0 Å². The SMILES string of the molecule is CCN(CC)c1ccc(NC(=O)OC(C)c2ccc(OC)c3ccccc23)c(C)c1. The molecule has 30 heavy (non-hydrogen) atoms. The van der Waals surface area contributed by atoms with Crippen LogP contribution in [0.4, 0.5) is 16.2 Å². The molecular formula is C25H30N2O3. The lowest BCUT2D eigenvalue weighted by Gasteiger charge is -2.22. The third-order valence-electron chi connectivity index (χ3n) is 5.43. The van der Waals surface area contributed by atoms with E-state index in [1.807, 2.05) is 62.4 Å². The van der Waals surface area contributed by atoms with Crippen molar-refractivity contribution in [2.45, 2.75) is 33.8 Å². The smallest absolute Gasteiger partial charge is 0.412 e. The van der Waals surface area contributed by atoms with Gasteiger partial charge in [0.1, 0.15) is 11.9 Å². The number of nitrogens with zero attached hydrogens (tertiary/aromatic N) is 1. The van der Waals surface area contributed by atoms with Crippen molar-refractivity contribution in [3.8, 4) is 5.75 Å². The maximum Gasteiger partial charge on any atom is 0.412 e.